The molecule has 14 heavy (non-hydrogen) atoms. The van der Waals surface area contributed by atoms with Crippen molar-refractivity contribution >= 4 is 0 Å². The zero-order chi connectivity index (χ0) is 10.2. The SMILES string of the molecule is OC1(c2ccno2)CCC(F)(F)CC1. The van der Waals surface area contributed by atoms with Crippen molar-refractivity contribution in [2.75, 3.05) is 0 Å². The van der Waals surface area contributed by atoms with E-state index in [1.165, 1.54) is 12.3 Å². The second-order valence-corrected chi connectivity index (χ2v) is 3.76. The lowest BCUT2D eigenvalue weighted by atomic mass is 9.81. The lowest BCUT2D eigenvalue weighted by Crippen LogP contribution is -2.36. The second-order valence-electron chi connectivity index (χ2n) is 3.76. The van der Waals surface area contributed by atoms with E-state index in [0.29, 0.717) is 0 Å². The molecular weight excluding hydrogens is 192 g/mol. The summed E-state index contributed by atoms with van der Waals surface area (Å²) in [6, 6.07) is 1.52. The van der Waals surface area contributed by atoms with Crippen molar-refractivity contribution in [2.45, 2.75) is 37.2 Å². The number of hydrogen-bond donors (Lipinski definition) is 1. The average Bonchev–Trinajstić information content (AvgIpc) is 2.64. The van der Waals surface area contributed by atoms with Crippen LogP contribution >= 0.6 is 0 Å². The summed E-state index contributed by atoms with van der Waals surface area (Å²) >= 11 is 0. The summed E-state index contributed by atoms with van der Waals surface area (Å²) in [6.07, 6.45) is 0.846. The normalized spacial score (nSPS) is 24.8. The van der Waals surface area contributed by atoms with E-state index in [1.54, 1.807) is 0 Å². The van der Waals surface area contributed by atoms with Crippen LogP contribution in [0.5, 0.6) is 0 Å². The molecule has 78 valence electrons. The zero-order valence-corrected chi connectivity index (χ0v) is 7.54. The maximum Gasteiger partial charge on any atom is 0.248 e. The smallest absolute Gasteiger partial charge is 0.248 e. The van der Waals surface area contributed by atoms with Crippen molar-refractivity contribution in [1.82, 2.24) is 5.16 Å². The zero-order valence-electron chi connectivity index (χ0n) is 7.54. The lowest BCUT2D eigenvalue weighted by Gasteiger charge is -2.33. The van der Waals surface area contributed by atoms with Crippen molar-refractivity contribution in [3.63, 3.8) is 0 Å². The molecule has 2 rings (SSSR count). The molecule has 1 aliphatic carbocycles. The third-order valence-electron chi connectivity index (χ3n) is 2.71. The van der Waals surface area contributed by atoms with Crippen molar-refractivity contribution in [1.29, 1.82) is 0 Å². The average molecular weight is 203 g/mol. The van der Waals surface area contributed by atoms with E-state index in [9.17, 15) is 13.9 Å². The molecule has 0 radical (unpaired) electrons. The summed E-state index contributed by atoms with van der Waals surface area (Å²) in [6.45, 7) is 0. The van der Waals surface area contributed by atoms with Crippen LogP contribution in [0.2, 0.25) is 0 Å². The first-order valence-electron chi connectivity index (χ1n) is 4.53. The third kappa shape index (κ3) is 1.64. The number of nitrogens with zero attached hydrogens (tertiary/aromatic N) is 1. The van der Waals surface area contributed by atoms with E-state index in [-0.39, 0.29) is 31.4 Å². The van der Waals surface area contributed by atoms with Crippen molar-refractivity contribution in [3.8, 4) is 0 Å². The Morgan fingerprint density at radius 2 is 1.93 bits per heavy atom. The van der Waals surface area contributed by atoms with Crippen LogP contribution in [0.1, 0.15) is 31.4 Å². The summed E-state index contributed by atoms with van der Waals surface area (Å²) in [5.41, 5.74) is -1.25. The van der Waals surface area contributed by atoms with Crippen LogP contribution in [0.3, 0.4) is 0 Å². The van der Waals surface area contributed by atoms with E-state index >= 15 is 0 Å². The van der Waals surface area contributed by atoms with Gasteiger partial charge in [0.25, 0.3) is 0 Å². The summed E-state index contributed by atoms with van der Waals surface area (Å²) in [4.78, 5) is 0. The van der Waals surface area contributed by atoms with E-state index in [0.717, 1.165) is 0 Å². The van der Waals surface area contributed by atoms with Gasteiger partial charge in [0, 0.05) is 18.9 Å². The minimum Gasteiger partial charge on any atom is -0.382 e. The maximum absolute atomic E-state index is 12.8. The van der Waals surface area contributed by atoms with Gasteiger partial charge in [-0.25, -0.2) is 8.78 Å². The van der Waals surface area contributed by atoms with Gasteiger partial charge in [0.1, 0.15) is 5.60 Å². The number of halogens is 2. The fourth-order valence-electron chi connectivity index (χ4n) is 1.73. The largest absolute Gasteiger partial charge is 0.382 e. The van der Waals surface area contributed by atoms with Gasteiger partial charge in [0.15, 0.2) is 5.76 Å². The maximum atomic E-state index is 12.8. The summed E-state index contributed by atoms with van der Waals surface area (Å²) in [5, 5.41) is 13.5. The van der Waals surface area contributed by atoms with E-state index in [4.69, 9.17) is 4.52 Å². The molecule has 0 aromatic carbocycles. The van der Waals surface area contributed by atoms with Crippen LogP contribution in [-0.4, -0.2) is 16.2 Å². The van der Waals surface area contributed by atoms with Crippen LogP contribution in [0.25, 0.3) is 0 Å². The Balaban J connectivity index is 2.13. The highest BCUT2D eigenvalue weighted by Crippen LogP contribution is 2.43. The van der Waals surface area contributed by atoms with Crippen molar-refractivity contribution in [2.24, 2.45) is 0 Å². The highest BCUT2D eigenvalue weighted by Gasteiger charge is 2.44. The quantitative estimate of drug-likeness (QED) is 0.760. The molecule has 1 fully saturated rings. The van der Waals surface area contributed by atoms with Gasteiger partial charge in [-0.3, -0.25) is 0 Å². The first-order chi connectivity index (χ1) is 6.52. The first kappa shape index (κ1) is 9.58. The van der Waals surface area contributed by atoms with Gasteiger partial charge in [-0.15, -0.1) is 0 Å². The molecule has 0 bridgehead atoms. The predicted octanol–water partition coefficient (Wildman–Crippen LogP) is 2.07. The van der Waals surface area contributed by atoms with E-state index in [1.807, 2.05) is 0 Å². The topological polar surface area (TPSA) is 46.3 Å². The summed E-state index contributed by atoms with van der Waals surface area (Å²) < 4.78 is 30.5. The molecule has 0 unspecified atom stereocenters. The summed E-state index contributed by atoms with van der Waals surface area (Å²) in [5.74, 6) is -2.36. The van der Waals surface area contributed by atoms with Gasteiger partial charge in [-0.1, -0.05) is 5.16 Å². The van der Waals surface area contributed by atoms with Crippen LogP contribution < -0.4 is 0 Å². The first-order valence-corrected chi connectivity index (χ1v) is 4.53. The number of aliphatic hydroxyl groups is 1. The molecular formula is C9H11F2NO2. The summed E-state index contributed by atoms with van der Waals surface area (Å²) in [7, 11) is 0. The molecule has 0 amide bonds. The number of aromatic nitrogens is 1. The molecule has 0 aliphatic heterocycles. The highest BCUT2D eigenvalue weighted by atomic mass is 19.3. The fraction of sp³-hybridized carbons (Fsp3) is 0.667. The van der Waals surface area contributed by atoms with Crippen molar-refractivity contribution in [3.05, 3.63) is 18.0 Å². The molecule has 5 heteroatoms. The van der Waals surface area contributed by atoms with Crippen LogP contribution in [0.4, 0.5) is 8.78 Å². The Morgan fingerprint density at radius 3 is 2.43 bits per heavy atom. The molecule has 0 saturated heterocycles. The van der Waals surface area contributed by atoms with Crippen LogP contribution in [0.15, 0.2) is 16.8 Å². The molecule has 0 atom stereocenters. The lowest BCUT2D eigenvalue weighted by molar-refractivity contribution is -0.115. The predicted molar refractivity (Wildman–Crippen MR) is 43.8 cm³/mol. The minimum absolute atomic E-state index is 0.0230. The minimum atomic E-state index is -2.65. The van der Waals surface area contributed by atoms with Gasteiger partial charge in [0.2, 0.25) is 5.92 Å². The van der Waals surface area contributed by atoms with Gasteiger partial charge in [-0.05, 0) is 12.8 Å². The van der Waals surface area contributed by atoms with Crippen LogP contribution in [0, 0.1) is 0 Å². The molecule has 1 aromatic heterocycles. The van der Waals surface area contributed by atoms with E-state index in [2.05, 4.69) is 5.16 Å². The fourth-order valence-corrected chi connectivity index (χ4v) is 1.73. The molecule has 1 saturated carbocycles. The Kier molecular flexibility index (Phi) is 2.06. The molecule has 1 aliphatic rings. The second kappa shape index (κ2) is 3.02. The Morgan fingerprint density at radius 1 is 1.29 bits per heavy atom. The van der Waals surface area contributed by atoms with Gasteiger partial charge >= 0.3 is 0 Å². The molecule has 3 nitrogen and oxygen atoms in total. The Labute approximate surface area is 79.7 Å². The Bertz CT molecular complexity index is 301. The molecule has 0 spiro atoms. The Hall–Kier alpha value is -0.970. The van der Waals surface area contributed by atoms with Gasteiger partial charge < -0.3 is 9.63 Å². The molecule has 1 heterocycles. The monoisotopic (exact) mass is 203 g/mol. The number of alkyl halides is 2. The highest BCUT2D eigenvalue weighted by molar-refractivity contribution is 5.08. The van der Waals surface area contributed by atoms with E-state index < -0.39 is 11.5 Å². The van der Waals surface area contributed by atoms with Gasteiger partial charge in [-0.2, -0.15) is 0 Å². The molecule has 1 N–H and O–H groups in total. The molecule has 1 aromatic rings. The van der Waals surface area contributed by atoms with Gasteiger partial charge in [0.05, 0.1) is 6.20 Å². The van der Waals surface area contributed by atoms with Crippen molar-refractivity contribution < 1.29 is 18.4 Å². The number of hydrogen-bond acceptors (Lipinski definition) is 3. The third-order valence-corrected chi connectivity index (χ3v) is 2.71. The standard InChI is InChI=1S/C9H11F2NO2/c10-9(11)4-2-8(13,3-5-9)7-1-6-12-14-7/h1,6,13H,2-5H2. The number of rotatable bonds is 1. The van der Waals surface area contributed by atoms with Crippen LogP contribution in [-0.2, 0) is 5.60 Å².